The van der Waals surface area contributed by atoms with E-state index in [0.717, 1.165) is 18.5 Å². The topological polar surface area (TPSA) is 48.7 Å². The molecule has 0 bridgehead atoms. The number of rotatable bonds is 3. The molecule has 88 valence electrons. The van der Waals surface area contributed by atoms with Crippen molar-refractivity contribution in [2.75, 3.05) is 6.54 Å². The highest BCUT2D eigenvalue weighted by Crippen LogP contribution is 2.29. The third kappa shape index (κ3) is 2.72. The van der Waals surface area contributed by atoms with Gasteiger partial charge in [-0.25, -0.2) is 0 Å². The van der Waals surface area contributed by atoms with Crippen LogP contribution in [0, 0.1) is 11.3 Å². The maximum atomic E-state index is 8.90. The lowest BCUT2D eigenvalue weighted by molar-refractivity contribution is 0.427. The van der Waals surface area contributed by atoms with Crippen LogP contribution in [-0.4, -0.2) is 17.6 Å². The van der Waals surface area contributed by atoms with Gasteiger partial charge in [-0.15, -0.1) is 0 Å². The molecule has 1 atom stereocenters. The first-order chi connectivity index (χ1) is 8.12. The van der Waals surface area contributed by atoms with E-state index >= 15 is 0 Å². The van der Waals surface area contributed by atoms with E-state index in [1.165, 1.54) is 0 Å². The van der Waals surface area contributed by atoms with E-state index in [1.54, 1.807) is 6.20 Å². The summed E-state index contributed by atoms with van der Waals surface area (Å²) in [6.45, 7) is 5.34. The molecule has 1 N–H and O–H groups in total. The number of nitrogens with zero attached hydrogens (tertiary/aromatic N) is 2. The standard InChI is InChI=1S/C14H17N3/c1-14(2,7-13-4-3-5-17-13)12-6-11(8-15)9-16-10-12/h3-4,6,9-10,13,17H,5,7H2,1-2H3. The van der Waals surface area contributed by atoms with E-state index in [1.807, 2.05) is 12.3 Å². The zero-order valence-electron chi connectivity index (χ0n) is 10.3. The largest absolute Gasteiger partial charge is 0.307 e. The maximum Gasteiger partial charge on any atom is 0.101 e. The van der Waals surface area contributed by atoms with Gasteiger partial charge in [0.2, 0.25) is 0 Å². The van der Waals surface area contributed by atoms with Gasteiger partial charge in [0.05, 0.1) is 5.56 Å². The predicted molar refractivity (Wildman–Crippen MR) is 67.5 cm³/mol. The smallest absolute Gasteiger partial charge is 0.101 e. The molecule has 0 saturated carbocycles. The number of hydrogen-bond acceptors (Lipinski definition) is 3. The van der Waals surface area contributed by atoms with Crippen molar-refractivity contribution in [1.29, 1.82) is 5.26 Å². The predicted octanol–water partition coefficient (Wildman–Crippen LogP) is 2.15. The molecule has 3 heteroatoms. The van der Waals surface area contributed by atoms with Crippen molar-refractivity contribution in [1.82, 2.24) is 10.3 Å². The van der Waals surface area contributed by atoms with E-state index < -0.39 is 0 Å². The van der Waals surface area contributed by atoms with Crippen LogP contribution in [0.3, 0.4) is 0 Å². The fourth-order valence-corrected chi connectivity index (χ4v) is 2.20. The summed E-state index contributed by atoms with van der Waals surface area (Å²) in [5.41, 5.74) is 1.77. The van der Waals surface area contributed by atoms with E-state index in [2.05, 4.69) is 42.4 Å². The monoisotopic (exact) mass is 227 g/mol. The first kappa shape index (κ1) is 11.8. The Labute approximate surface area is 102 Å². The van der Waals surface area contributed by atoms with Gasteiger partial charge in [-0.1, -0.05) is 26.0 Å². The van der Waals surface area contributed by atoms with Crippen LogP contribution in [0.4, 0.5) is 0 Å². The zero-order chi connectivity index (χ0) is 12.3. The summed E-state index contributed by atoms with van der Waals surface area (Å²) in [7, 11) is 0. The molecule has 2 heterocycles. The molecule has 0 spiro atoms. The van der Waals surface area contributed by atoms with E-state index in [4.69, 9.17) is 5.26 Å². The van der Waals surface area contributed by atoms with Crippen molar-refractivity contribution in [3.8, 4) is 6.07 Å². The van der Waals surface area contributed by atoms with Crippen LogP contribution in [0.2, 0.25) is 0 Å². The molecular formula is C14H17N3. The van der Waals surface area contributed by atoms with Crippen LogP contribution in [0.25, 0.3) is 0 Å². The van der Waals surface area contributed by atoms with Crippen molar-refractivity contribution in [3.05, 3.63) is 41.7 Å². The summed E-state index contributed by atoms with van der Waals surface area (Å²) >= 11 is 0. The second kappa shape index (κ2) is 4.68. The molecule has 1 aromatic heterocycles. The normalized spacial score (nSPS) is 19.2. The minimum Gasteiger partial charge on any atom is -0.307 e. The van der Waals surface area contributed by atoms with Crippen LogP contribution in [-0.2, 0) is 5.41 Å². The molecule has 0 aromatic carbocycles. The van der Waals surface area contributed by atoms with Crippen LogP contribution >= 0.6 is 0 Å². The average Bonchev–Trinajstić information content (AvgIpc) is 2.81. The minimum absolute atomic E-state index is 0.0200. The third-order valence-electron chi connectivity index (χ3n) is 3.25. The van der Waals surface area contributed by atoms with Crippen LogP contribution in [0.15, 0.2) is 30.6 Å². The zero-order valence-corrected chi connectivity index (χ0v) is 10.3. The molecular weight excluding hydrogens is 210 g/mol. The number of nitrogens with one attached hydrogen (secondary N) is 1. The van der Waals surface area contributed by atoms with Gasteiger partial charge in [0.15, 0.2) is 0 Å². The second-order valence-corrected chi connectivity index (χ2v) is 5.10. The quantitative estimate of drug-likeness (QED) is 0.805. The van der Waals surface area contributed by atoms with Crippen LogP contribution in [0.1, 0.15) is 31.4 Å². The fraction of sp³-hybridized carbons (Fsp3) is 0.429. The Balaban J connectivity index is 2.18. The average molecular weight is 227 g/mol. The molecule has 3 nitrogen and oxygen atoms in total. The van der Waals surface area contributed by atoms with Gasteiger partial charge < -0.3 is 5.32 Å². The molecule has 0 saturated heterocycles. The van der Waals surface area contributed by atoms with Gasteiger partial charge in [-0.3, -0.25) is 4.98 Å². The molecule has 0 fully saturated rings. The maximum absolute atomic E-state index is 8.90. The van der Waals surface area contributed by atoms with E-state index in [0.29, 0.717) is 11.6 Å². The SMILES string of the molecule is CC(C)(CC1C=CCN1)c1cncc(C#N)c1. The lowest BCUT2D eigenvalue weighted by atomic mass is 9.79. The summed E-state index contributed by atoms with van der Waals surface area (Å²) < 4.78 is 0. The Morgan fingerprint density at radius 1 is 1.53 bits per heavy atom. The Hall–Kier alpha value is -1.66. The number of hydrogen-bond donors (Lipinski definition) is 1. The fourth-order valence-electron chi connectivity index (χ4n) is 2.20. The minimum atomic E-state index is 0.0200. The van der Waals surface area contributed by atoms with Crippen molar-refractivity contribution in [2.24, 2.45) is 0 Å². The molecule has 1 aliphatic rings. The molecule has 0 amide bonds. The van der Waals surface area contributed by atoms with Crippen molar-refractivity contribution in [2.45, 2.75) is 31.7 Å². The molecule has 2 rings (SSSR count). The Morgan fingerprint density at radius 3 is 3.00 bits per heavy atom. The first-order valence-corrected chi connectivity index (χ1v) is 5.87. The van der Waals surface area contributed by atoms with Gasteiger partial charge in [0.1, 0.15) is 6.07 Å². The van der Waals surface area contributed by atoms with Crippen LogP contribution in [0.5, 0.6) is 0 Å². The molecule has 0 aliphatic carbocycles. The van der Waals surface area contributed by atoms with Gasteiger partial charge in [0.25, 0.3) is 0 Å². The van der Waals surface area contributed by atoms with Gasteiger partial charge in [-0.2, -0.15) is 5.26 Å². The summed E-state index contributed by atoms with van der Waals surface area (Å²) in [6.07, 6.45) is 8.85. The third-order valence-corrected chi connectivity index (χ3v) is 3.25. The highest BCUT2D eigenvalue weighted by molar-refractivity contribution is 5.33. The van der Waals surface area contributed by atoms with Gasteiger partial charge in [0, 0.05) is 25.0 Å². The summed E-state index contributed by atoms with van der Waals surface area (Å²) in [5, 5.41) is 12.3. The van der Waals surface area contributed by atoms with E-state index in [9.17, 15) is 0 Å². The highest BCUT2D eigenvalue weighted by Gasteiger charge is 2.25. The van der Waals surface area contributed by atoms with Gasteiger partial charge in [-0.05, 0) is 23.5 Å². The van der Waals surface area contributed by atoms with E-state index in [-0.39, 0.29) is 5.41 Å². The van der Waals surface area contributed by atoms with Gasteiger partial charge >= 0.3 is 0 Å². The van der Waals surface area contributed by atoms with Crippen molar-refractivity contribution >= 4 is 0 Å². The molecule has 17 heavy (non-hydrogen) atoms. The van der Waals surface area contributed by atoms with Crippen molar-refractivity contribution < 1.29 is 0 Å². The highest BCUT2D eigenvalue weighted by atomic mass is 14.9. The summed E-state index contributed by atoms with van der Waals surface area (Å²) in [6, 6.07) is 4.50. The Morgan fingerprint density at radius 2 is 2.35 bits per heavy atom. The molecule has 1 aromatic rings. The lowest BCUT2D eigenvalue weighted by Gasteiger charge is -2.28. The molecule has 0 radical (unpaired) electrons. The second-order valence-electron chi connectivity index (χ2n) is 5.10. The first-order valence-electron chi connectivity index (χ1n) is 5.87. The number of nitriles is 1. The lowest BCUT2D eigenvalue weighted by Crippen LogP contribution is -2.31. The summed E-state index contributed by atoms with van der Waals surface area (Å²) in [5.74, 6) is 0. The number of aromatic nitrogens is 1. The number of pyridine rings is 1. The summed E-state index contributed by atoms with van der Waals surface area (Å²) in [4.78, 5) is 4.14. The Kier molecular flexibility index (Phi) is 3.26. The molecule has 1 aliphatic heterocycles. The Bertz CT molecular complexity index is 469. The van der Waals surface area contributed by atoms with Crippen molar-refractivity contribution in [3.63, 3.8) is 0 Å². The molecule has 1 unspecified atom stereocenters. The van der Waals surface area contributed by atoms with Crippen LogP contribution < -0.4 is 5.32 Å².